The molecule has 0 radical (unpaired) electrons. The summed E-state index contributed by atoms with van der Waals surface area (Å²) in [5.41, 5.74) is 0.221. The lowest BCUT2D eigenvalue weighted by atomic mass is 10.1. The van der Waals surface area contributed by atoms with Crippen LogP contribution in [0.25, 0.3) is 0 Å². The third-order valence-electron chi connectivity index (χ3n) is 5.72. The number of carbonyl (C=O) groups is 2. The van der Waals surface area contributed by atoms with Gasteiger partial charge in [-0.05, 0) is 49.9 Å². The highest BCUT2D eigenvalue weighted by molar-refractivity contribution is 7.89. The van der Waals surface area contributed by atoms with Crippen molar-refractivity contribution in [1.29, 1.82) is 0 Å². The van der Waals surface area contributed by atoms with Crippen LogP contribution in [0.2, 0.25) is 0 Å². The van der Waals surface area contributed by atoms with Crippen molar-refractivity contribution in [2.45, 2.75) is 69.0 Å². The fraction of sp³-hybridized carbons (Fsp3) is 0.619. The van der Waals surface area contributed by atoms with E-state index in [1.807, 2.05) is 0 Å². The van der Waals surface area contributed by atoms with E-state index in [1.165, 1.54) is 19.1 Å². The highest BCUT2D eigenvalue weighted by atomic mass is 32.2. The summed E-state index contributed by atoms with van der Waals surface area (Å²) in [6.45, 7) is 1.87. The minimum atomic E-state index is -3.96. The Labute approximate surface area is 182 Å². The van der Waals surface area contributed by atoms with Gasteiger partial charge in [-0.15, -0.1) is 0 Å². The third-order valence-corrected chi connectivity index (χ3v) is 7.61. The van der Waals surface area contributed by atoms with Crippen LogP contribution < -0.4 is 10.6 Å². The van der Waals surface area contributed by atoms with E-state index < -0.39 is 33.9 Å². The summed E-state index contributed by atoms with van der Waals surface area (Å²) in [6, 6.07) is 3.59. The van der Waals surface area contributed by atoms with Crippen LogP contribution in [0.3, 0.4) is 0 Å². The van der Waals surface area contributed by atoms with Crippen LogP contribution in [0.4, 0.5) is 4.39 Å². The first-order valence-corrected chi connectivity index (χ1v) is 12.2. The van der Waals surface area contributed by atoms with E-state index in [1.54, 1.807) is 0 Å². The van der Waals surface area contributed by atoms with Gasteiger partial charge in [0.25, 0.3) is 0 Å². The topological polar surface area (TPSA) is 105 Å². The molecule has 1 aromatic rings. The van der Waals surface area contributed by atoms with Crippen molar-refractivity contribution >= 4 is 21.8 Å². The second-order valence-electron chi connectivity index (χ2n) is 8.08. The molecule has 2 N–H and O–H groups in total. The Bertz CT molecular complexity index is 900. The number of amides is 2. The van der Waals surface area contributed by atoms with Gasteiger partial charge in [0.05, 0.1) is 18.0 Å². The Morgan fingerprint density at radius 3 is 2.52 bits per heavy atom. The summed E-state index contributed by atoms with van der Waals surface area (Å²) in [7, 11) is -3.96. The number of halogens is 1. The SMILES string of the molecule is Cc1cc(S(=O)(=O)N2CCCO[C@@H]2CNC(=O)C(=O)NC2CCCCCC2)ccc1F. The lowest BCUT2D eigenvalue weighted by molar-refractivity contribution is -0.140. The number of sulfonamides is 1. The Morgan fingerprint density at radius 1 is 1.13 bits per heavy atom. The van der Waals surface area contributed by atoms with Crippen molar-refractivity contribution in [2.75, 3.05) is 19.7 Å². The Kier molecular flexibility index (Phi) is 8.01. The number of hydrogen-bond acceptors (Lipinski definition) is 5. The third kappa shape index (κ3) is 6.02. The Morgan fingerprint density at radius 2 is 1.84 bits per heavy atom. The molecule has 1 aromatic carbocycles. The minimum Gasteiger partial charge on any atom is -0.360 e. The van der Waals surface area contributed by atoms with Crippen LogP contribution in [0.5, 0.6) is 0 Å². The Hall–Kier alpha value is -2.04. The van der Waals surface area contributed by atoms with Crippen molar-refractivity contribution in [1.82, 2.24) is 14.9 Å². The summed E-state index contributed by atoms with van der Waals surface area (Å²) in [5.74, 6) is -2.02. The lowest BCUT2D eigenvalue weighted by Gasteiger charge is -2.34. The highest BCUT2D eigenvalue weighted by Gasteiger charge is 2.35. The largest absolute Gasteiger partial charge is 0.360 e. The molecule has 1 atom stereocenters. The molecule has 2 amide bonds. The molecule has 172 valence electrons. The summed E-state index contributed by atoms with van der Waals surface area (Å²) in [4.78, 5) is 24.5. The van der Waals surface area contributed by atoms with Gasteiger partial charge in [0, 0.05) is 12.6 Å². The molecule has 2 fully saturated rings. The maximum Gasteiger partial charge on any atom is 0.309 e. The van der Waals surface area contributed by atoms with Gasteiger partial charge < -0.3 is 15.4 Å². The van der Waals surface area contributed by atoms with E-state index in [0.717, 1.165) is 48.9 Å². The molecule has 0 unspecified atom stereocenters. The van der Waals surface area contributed by atoms with Gasteiger partial charge in [0.1, 0.15) is 12.0 Å². The average Bonchev–Trinajstić information content (AvgIpc) is 3.02. The number of hydrogen-bond donors (Lipinski definition) is 2. The Balaban J connectivity index is 1.61. The fourth-order valence-electron chi connectivity index (χ4n) is 3.95. The highest BCUT2D eigenvalue weighted by Crippen LogP contribution is 2.23. The zero-order valence-electron chi connectivity index (χ0n) is 17.7. The quantitative estimate of drug-likeness (QED) is 0.521. The van der Waals surface area contributed by atoms with Gasteiger partial charge >= 0.3 is 11.8 Å². The number of carbonyl (C=O) groups excluding carboxylic acids is 2. The van der Waals surface area contributed by atoms with Gasteiger partial charge in [-0.2, -0.15) is 4.31 Å². The van der Waals surface area contributed by atoms with Crippen LogP contribution in [-0.2, 0) is 24.3 Å². The molecule has 1 heterocycles. The molecule has 1 saturated heterocycles. The van der Waals surface area contributed by atoms with E-state index in [2.05, 4.69) is 10.6 Å². The molecule has 0 spiro atoms. The van der Waals surface area contributed by atoms with Crippen LogP contribution in [0.1, 0.15) is 50.5 Å². The first-order chi connectivity index (χ1) is 14.8. The molecule has 1 aliphatic carbocycles. The second-order valence-corrected chi connectivity index (χ2v) is 9.97. The molecule has 3 rings (SSSR count). The van der Waals surface area contributed by atoms with Crippen molar-refractivity contribution < 1.29 is 27.1 Å². The van der Waals surface area contributed by atoms with Crippen molar-refractivity contribution in [3.63, 3.8) is 0 Å². The van der Waals surface area contributed by atoms with Crippen molar-refractivity contribution in [3.05, 3.63) is 29.6 Å². The molecule has 0 aromatic heterocycles. The summed E-state index contributed by atoms with van der Waals surface area (Å²) in [5, 5.41) is 5.26. The maximum absolute atomic E-state index is 13.6. The second kappa shape index (κ2) is 10.5. The molecule has 0 bridgehead atoms. The number of rotatable bonds is 5. The fourth-order valence-corrected chi connectivity index (χ4v) is 5.60. The van der Waals surface area contributed by atoms with Crippen molar-refractivity contribution in [3.8, 4) is 0 Å². The van der Waals surface area contributed by atoms with Gasteiger partial charge in [-0.1, -0.05) is 25.7 Å². The van der Waals surface area contributed by atoms with Gasteiger partial charge in [-0.25, -0.2) is 12.8 Å². The van der Waals surface area contributed by atoms with E-state index in [9.17, 15) is 22.4 Å². The number of aryl methyl sites for hydroxylation is 1. The molecule has 31 heavy (non-hydrogen) atoms. The molecular formula is C21H30FN3O5S. The average molecular weight is 456 g/mol. The van der Waals surface area contributed by atoms with Crippen LogP contribution in [0, 0.1) is 12.7 Å². The molecule has 2 aliphatic rings. The van der Waals surface area contributed by atoms with E-state index in [4.69, 9.17) is 4.74 Å². The first kappa shape index (κ1) is 23.6. The van der Waals surface area contributed by atoms with Gasteiger partial charge in [-0.3, -0.25) is 9.59 Å². The number of benzene rings is 1. The monoisotopic (exact) mass is 455 g/mol. The summed E-state index contributed by atoms with van der Waals surface area (Å²) >= 11 is 0. The van der Waals surface area contributed by atoms with E-state index in [-0.39, 0.29) is 29.6 Å². The van der Waals surface area contributed by atoms with Crippen molar-refractivity contribution in [2.24, 2.45) is 0 Å². The molecule has 1 aliphatic heterocycles. The number of ether oxygens (including phenoxy) is 1. The summed E-state index contributed by atoms with van der Waals surface area (Å²) < 4.78 is 46.4. The van der Waals surface area contributed by atoms with Gasteiger partial charge in [0.15, 0.2) is 0 Å². The van der Waals surface area contributed by atoms with Crippen LogP contribution in [-0.4, -0.2) is 56.5 Å². The van der Waals surface area contributed by atoms with Crippen LogP contribution in [0.15, 0.2) is 23.1 Å². The lowest BCUT2D eigenvalue weighted by Crippen LogP contribution is -2.53. The predicted octanol–water partition coefficient (Wildman–Crippen LogP) is 1.83. The maximum atomic E-state index is 13.6. The summed E-state index contributed by atoms with van der Waals surface area (Å²) in [6.07, 6.45) is 5.58. The predicted molar refractivity (Wildman–Crippen MR) is 112 cm³/mol. The zero-order chi connectivity index (χ0) is 22.4. The standard InChI is InChI=1S/C21H30FN3O5S/c1-15-13-17(9-10-18(15)22)31(28,29)25-11-6-12-30-19(25)14-23-20(26)21(27)24-16-7-4-2-3-5-8-16/h9-10,13,16,19H,2-8,11-12,14H2,1H3,(H,23,26)(H,24,27)/t19-/m1/s1. The van der Waals surface area contributed by atoms with Crippen LogP contribution >= 0.6 is 0 Å². The normalized spacial score (nSPS) is 21.3. The molecule has 1 saturated carbocycles. The smallest absolute Gasteiger partial charge is 0.309 e. The molecule has 8 nitrogen and oxygen atoms in total. The first-order valence-electron chi connectivity index (χ1n) is 10.8. The molecule has 10 heteroatoms. The number of nitrogens with zero attached hydrogens (tertiary/aromatic N) is 1. The minimum absolute atomic E-state index is 0.00901. The van der Waals surface area contributed by atoms with E-state index >= 15 is 0 Å². The molecular weight excluding hydrogens is 425 g/mol. The van der Waals surface area contributed by atoms with E-state index in [0.29, 0.717) is 13.0 Å². The zero-order valence-corrected chi connectivity index (χ0v) is 18.5. The number of nitrogens with one attached hydrogen (secondary N) is 2. The van der Waals surface area contributed by atoms with Gasteiger partial charge in [0.2, 0.25) is 10.0 Å².